The fourth-order valence-corrected chi connectivity index (χ4v) is 1.13. The summed E-state index contributed by atoms with van der Waals surface area (Å²) < 4.78 is 0. The third kappa shape index (κ3) is 0.913. The monoisotopic (exact) mass is 138 g/mol. The molecule has 1 saturated heterocycles. The van der Waals surface area contributed by atoms with Crippen LogP contribution in [0.3, 0.4) is 0 Å². The summed E-state index contributed by atoms with van der Waals surface area (Å²) in [6, 6.07) is 0. The van der Waals surface area contributed by atoms with E-state index in [2.05, 4.69) is 20.6 Å². The molecule has 0 aromatic carbocycles. The molecule has 0 bridgehead atoms. The number of nitrogens with zero attached hydrogens (tertiary/aromatic N) is 1. The van der Waals surface area contributed by atoms with Gasteiger partial charge < -0.3 is 4.98 Å². The van der Waals surface area contributed by atoms with Crippen molar-refractivity contribution in [3.8, 4) is 0 Å². The van der Waals surface area contributed by atoms with Gasteiger partial charge in [0.25, 0.3) is 0 Å². The summed E-state index contributed by atoms with van der Waals surface area (Å²) in [6.45, 7) is 2.04. The molecule has 10 heavy (non-hydrogen) atoms. The van der Waals surface area contributed by atoms with E-state index in [1.807, 2.05) is 6.20 Å². The fourth-order valence-electron chi connectivity index (χ4n) is 1.13. The molecule has 1 aromatic heterocycles. The van der Waals surface area contributed by atoms with Gasteiger partial charge in [-0.25, -0.2) is 4.98 Å². The molecule has 3 N–H and O–H groups in total. The van der Waals surface area contributed by atoms with Crippen molar-refractivity contribution in [3.05, 3.63) is 18.2 Å². The number of hydrogen-bond donors (Lipinski definition) is 3. The predicted molar refractivity (Wildman–Crippen MR) is 37.3 cm³/mol. The lowest BCUT2D eigenvalue weighted by molar-refractivity contribution is 0.558. The van der Waals surface area contributed by atoms with Gasteiger partial charge in [0.2, 0.25) is 0 Å². The highest BCUT2D eigenvalue weighted by Crippen LogP contribution is 2.04. The third-order valence-electron chi connectivity index (χ3n) is 1.61. The first-order valence-electron chi connectivity index (χ1n) is 3.43. The molecule has 0 spiro atoms. The van der Waals surface area contributed by atoms with E-state index in [0.29, 0.717) is 0 Å². The predicted octanol–water partition coefficient (Wildman–Crippen LogP) is -0.399. The SMILES string of the molecule is c1c[nH]c(C2NCCN2)n1. The molecule has 54 valence electrons. The number of nitrogens with one attached hydrogen (secondary N) is 3. The molecule has 1 fully saturated rings. The van der Waals surface area contributed by atoms with Crippen LogP contribution in [0.15, 0.2) is 12.4 Å². The van der Waals surface area contributed by atoms with Gasteiger partial charge in [0.05, 0.1) is 0 Å². The van der Waals surface area contributed by atoms with Gasteiger partial charge in [-0.3, -0.25) is 10.6 Å². The van der Waals surface area contributed by atoms with Crippen LogP contribution in [0.4, 0.5) is 0 Å². The lowest BCUT2D eigenvalue weighted by atomic mass is 10.5. The van der Waals surface area contributed by atoms with E-state index < -0.39 is 0 Å². The quantitative estimate of drug-likeness (QED) is 0.495. The molecule has 2 rings (SSSR count). The van der Waals surface area contributed by atoms with Crippen molar-refractivity contribution in [2.45, 2.75) is 6.17 Å². The van der Waals surface area contributed by atoms with E-state index in [4.69, 9.17) is 0 Å². The van der Waals surface area contributed by atoms with Crippen LogP contribution < -0.4 is 10.6 Å². The molecule has 0 amide bonds. The fraction of sp³-hybridized carbons (Fsp3) is 0.500. The number of rotatable bonds is 1. The second-order valence-electron chi connectivity index (χ2n) is 2.32. The van der Waals surface area contributed by atoms with Crippen LogP contribution in [0, 0.1) is 0 Å². The van der Waals surface area contributed by atoms with Gasteiger partial charge in [-0.05, 0) is 0 Å². The largest absolute Gasteiger partial charge is 0.346 e. The Hall–Kier alpha value is -0.870. The van der Waals surface area contributed by atoms with Crippen LogP contribution >= 0.6 is 0 Å². The summed E-state index contributed by atoms with van der Waals surface area (Å²) in [5.74, 6) is 0.970. The van der Waals surface area contributed by atoms with Crippen LogP contribution in [0.1, 0.15) is 12.0 Å². The summed E-state index contributed by atoms with van der Waals surface area (Å²) in [4.78, 5) is 7.16. The van der Waals surface area contributed by atoms with Crippen molar-refractivity contribution >= 4 is 0 Å². The van der Waals surface area contributed by atoms with E-state index in [0.717, 1.165) is 18.9 Å². The van der Waals surface area contributed by atoms with Gasteiger partial charge in [-0.15, -0.1) is 0 Å². The van der Waals surface area contributed by atoms with Gasteiger partial charge in [0.15, 0.2) is 0 Å². The molecule has 0 aliphatic carbocycles. The molecular formula is C6H10N4. The van der Waals surface area contributed by atoms with Gasteiger partial charge in [-0.1, -0.05) is 0 Å². The highest BCUT2D eigenvalue weighted by Gasteiger charge is 2.16. The molecule has 1 aromatic rings. The van der Waals surface area contributed by atoms with Crippen molar-refractivity contribution < 1.29 is 0 Å². The van der Waals surface area contributed by atoms with Crippen LogP contribution in [-0.4, -0.2) is 23.1 Å². The first-order valence-corrected chi connectivity index (χ1v) is 3.43. The standard InChI is InChI=1S/C6H10N4/c1-2-8-5(7-1)6-9-3-4-10-6/h1-2,6,9-10H,3-4H2,(H,7,8). The first kappa shape index (κ1) is 5.88. The van der Waals surface area contributed by atoms with E-state index in [-0.39, 0.29) is 6.17 Å². The Balaban J connectivity index is 2.12. The smallest absolute Gasteiger partial charge is 0.138 e. The topological polar surface area (TPSA) is 52.7 Å². The number of H-pyrrole nitrogens is 1. The summed E-state index contributed by atoms with van der Waals surface area (Å²) in [7, 11) is 0. The molecule has 0 atom stereocenters. The normalized spacial score (nSPS) is 20.0. The van der Waals surface area contributed by atoms with Crippen LogP contribution in [0.2, 0.25) is 0 Å². The van der Waals surface area contributed by atoms with Crippen molar-refractivity contribution in [1.82, 2.24) is 20.6 Å². The maximum atomic E-state index is 4.12. The maximum Gasteiger partial charge on any atom is 0.138 e. The van der Waals surface area contributed by atoms with E-state index in [1.165, 1.54) is 0 Å². The average molecular weight is 138 g/mol. The maximum absolute atomic E-state index is 4.12. The Morgan fingerprint density at radius 1 is 1.40 bits per heavy atom. The second kappa shape index (κ2) is 2.40. The Morgan fingerprint density at radius 3 is 2.80 bits per heavy atom. The van der Waals surface area contributed by atoms with Crippen LogP contribution in [0.5, 0.6) is 0 Å². The second-order valence-corrected chi connectivity index (χ2v) is 2.32. The van der Waals surface area contributed by atoms with Crippen LogP contribution in [0.25, 0.3) is 0 Å². The lowest BCUT2D eigenvalue weighted by Crippen LogP contribution is -2.22. The molecule has 1 aliphatic rings. The van der Waals surface area contributed by atoms with Crippen LogP contribution in [-0.2, 0) is 0 Å². The molecular weight excluding hydrogens is 128 g/mol. The van der Waals surface area contributed by atoms with Crippen molar-refractivity contribution in [3.63, 3.8) is 0 Å². The Labute approximate surface area is 59.0 Å². The average Bonchev–Trinajstić information content (AvgIpc) is 2.59. The minimum atomic E-state index is 0.231. The van der Waals surface area contributed by atoms with Crippen molar-refractivity contribution in [2.75, 3.05) is 13.1 Å². The van der Waals surface area contributed by atoms with Crippen molar-refractivity contribution in [1.29, 1.82) is 0 Å². The molecule has 1 aliphatic heterocycles. The molecule has 0 radical (unpaired) electrons. The molecule has 4 heteroatoms. The van der Waals surface area contributed by atoms with E-state index in [9.17, 15) is 0 Å². The van der Waals surface area contributed by atoms with Gasteiger partial charge in [0, 0.05) is 25.5 Å². The van der Waals surface area contributed by atoms with Crippen molar-refractivity contribution in [2.24, 2.45) is 0 Å². The highest BCUT2D eigenvalue weighted by molar-refractivity contribution is 4.96. The van der Waals surface area contributed by atoms with Gasteiger partial charge >= 0.3 is 0 Å². The van der Waals surface area contributed by atoms with Gasteiger partial charge in [-0.2, -0.15) is 0 Å². The number of aromatic nitrogens is 2. The Kier molecular flexibility index (Phi) is 1.41. The number of aromatic amines is 1. The zero-order chi connectivity index (χ0) is 6.81. The minimum absolute atomic E-state index is 0.231. The minimum Gasteiger partial charge on any atom is -0.346 e. The third-order valence-corrected chi connectivity index (χ3v) is 1.61. The molecule has 2 heterocycles. The molecule has 0 saturated carbocycles. The highest BCUT2D eigenvalue weighted by atomic mass is 15.2. The summed E-state index contributed by atoms with van der Waals surface area (Å²) >= 11 is 0. The number of hydrogen-bond acceptors (Lipinski definition) is 3. The zero-order valence-electron chi connectivity index (χ0n) is 5.59. The summed E-state index contributed by atoms with van der Waals surface area (Å²) in [5, 5.41) is 6.51. The molecule has 4 nitrogen and oxygen atoms in total. The van der Waals surface area contributed by atoms with E-state index >= 15 is 0 Å². The number of imidazole rings is 1. The van der Waals surface area contributed by atoms with Gasteiger partial charge in [0.1, 0.15) is 12.0 Å². The lowest BCUT2D eigenvalue weighted by Gasteiger charge is -2.05. The molecule has 0 unspecified atom stereocenters. The Bertz CT molecular complexity index is 188. The summed E-state index contributed by atoms with van der Waals surface area (Å²) in [6.07, 6.45) is 3.82. The zero-order valence-corrected chi connectivity index (χ0v) is 5.59. The Morgan fingerprint density at radius 2 is 2.20 bits per heavy atom. The van der Waals surface area contributed by atoms with E-state index in [1.54, 1.807) is 6.20 Å². The first-order chi connectivity index (χ1) is 4.97. The summed E-state index contributed by atoms with van der Waals surface area (Å²) in [5.41, 5.74) is 0.